The number of hydrogen-bond acceptors (Lipinski definition) is 2. The Morgan fingerprint density at radius 2 is 1.77 bits per heavy atom. The Morgan fingerprint density at radius 3 is 2.36 bits per heavy atom. The predicted molar refractivity (Wildman–Crippen MR) is 94.5 cm³/mol. The van der Waals surface area contributed by atoms with E-state index in [1.54, 1.807) is 0 Å². The fourth-order valence-corrected chi connectivity index (χ4v) is 2.97. The monoisotopic (exact) mass is 333 g/mol. The molecule has 0 spiro atoms. The molecule has 116 valence electrons. The van der Waals surface area contributed by atoms with Crippen LogP contribution in [0.2, 0.25) is 5.02 Å². The normalized spacial score (nSPS) is 12.0. The van der Waals surface area contributed by atoms with E-state index < -0.39 is 0 Å². The number of thioether (sulfide) groups is 1. The first-order valence-corrected chi connectivity index (χ1v) is 8.69. The Labute approximate surface area is 141 Å². The third kappa shape index (κ3) is 5.08. The second kappa shape index (κ2) is 8.25. The topological polar surface area (TPSA) is 29.1 Å². The Bertz CT molecular complexity index is 610. The van der Waals surface area contributed by atoms with Crippen LogP contribution in [0.3, 0.4) is 0 Å². The molecule has 0 radical (unpaired) electrons. The molecule has 2 aromatic carbocycles. The fourth-order valence-electron chi connectivity index (χ4n) is 2.14. The zero-order valence-corrected chi connectivity index (χ0v) is 14.4. The minimum absolute atomic E-state index is 0.0485. The van der Waals surface area contributed by atoms with E-state index in [-0.39, 0.29) is 11.9 Å². The van der Waals surface area contributed by atoms with Gasteiger partial charge in [-0.15, -0.1) is 11.8 Å². The lowest BCUT2D eigenvalue weighted by Crippen LogP contribution is -2.29. The number of carbonyl (C=O) groups excluding carboxylic acids is 1. The van der Waals surface area contributed by atoms with Crippen LogP contribution in [0.15, 0.2) is 53.4 Å². The van der Waals surface area contributed by atoms with Crippen molar-refractivity contribution in [3.8, 4) is 0 Å². The molecule has 4 heteroatoms. The Morgan fingerprint density at radius 1 is 1.14 bits per heavy atom. The van der Waals surface area contributed by atoms with E-state index >= 15 is 0 Å². The molecule has 0 fully saturated rings. The number of hydrogen-bond donors (Lipinski definition) is 1. The first-order chi connectivity index (χ1) is 10.6. The zero-order chi connectivity index (χ0) is 15.9. The minimum atomic E-state index is 0.0485. The van der Waals surface area contributed by atoms with E-state index in [4.69, 9.17) is 11.6 Å². The maximum absolute atomic E-state index is 12.1. The number of aryl methyl sites for hydroxylation is 1. The largest absolute Gasteiger partial charge is 0.349 e. The van der Waals surface area contributed by atoms with Crippen LogP contribution in [0.4, 0.5) is 0 Å². The lowest BCUT2D eigenvalue weighted by Gasteiger charge is -2.17. The molecule has 0 saturated carbocycles. The van der Waals surface area contributed by atoms with Crippen molar-refractivity contribution in [2.24, 2.45) is 0 Å². The fraction of sp³-hybridized carbons (Fsp3) is 0.278. The van der Waals surface area contributed by atoms with Gasteiger partial charge in [0.15, 0.2) is 0 Å². The molecule has 1 N–H and O–H groups in total. The van der Waals surface area contributed by atoms with Crippen molar-refractivity contribution < 1.29 is 4.79 Å². The molecule has 0 heterocycles. The standard InChI is InChI=1S/C18H20ClNOS/c1-3-17(14-6-4-13(2)5-7-14)20-18(21)12-22-16-10-8-15(19)9-11-16/h4-11,17H,3,12H2,1-2H3,(H,20,21). The van der Waals surface area contributed by atoms with Crippen LogP contribution < -0.4 is 5.32 Å². The average Bonchev–Trinajstić information content (AvgIpc) is 2.53. The molecule has 0 aliphatic carbocycles. The van der Waals surface area contributed by atoms with Crippen molar-refractivity contribution in [3.05, 3.63) is 64.7 Å². The molecular weight excluding hydrogens is 314 g/mol. The number of rotatable bonds is 6. The Balaban J connectivity index is 1.89. The third-order valence-corrected chi connectivity index (χ3v) is 4.67. The van der Waals surface area contributed by atoms with Crippen molar-refractivity contribution in [2.45, 2.75) is 31.2 Å². The van der Waals surface area contributed by atoms with Gasteiger partial charge in [0.25, 0.3) is 0 Å². The molecule has 0 aliphatic rings. The van der Waals surface area contributed by atoms with E-state index in [1.165, 1.54) is 17.3 Å². The van der Waals surface area contributed by atoms with E-state index in [9.17, 15) is 4.79 Å². The van der Waals surface area contributed by atoms with Gasteiger partial charge in [0.05, 0.1) is 11.8 Å². The first-order valence-electron chi connectivity index (χ1n) is 7.32. The van der Waals surface area contributed by atoms with Crippen molar-refractivity contribution in [1.82, 2.24) is 5.32 Å². The Hall–Kier alpha value is -1.45. The van der Waals surface area contributed by atoms with Gasteiger partial charge in [-0.2, -0.15) is 0 Å². The van der Waals surface area contributed by atoms with Gasteiger partial charge in [-0.3, -0.25) is 4.79 Å². The third-order valence-electron chi connectivity index (χ3n) is 3.41. The van der Waals surface area contributed by atoms with Crippen LogP contribution in [0.5, 0.6) is 0 Å². The van der Waals surface area contributed by atoms with E-state index in [0.717, 1.165) is 16.9 Å². The molecule has 1 atom stereocenters. The highest BCUT2D eigenvalue weighted by molar-refractivity contribution is 8.00. The van der Waals surface area contributed by atoms with Crippen molar-refractivity contribution in [3.63, 3.8) is 0 Å². The lowest BCUT2D eigenvalue weighted by atomic mass is 10.0. The number of benzene rings is 2. The van der Waals surface area contributed by atoms with Crippen LogP contribution >= 0.6 is 23.4 Å². The summed E-state index contributed by atoms with van der Waals surface area (Å²) in [6.07, 6.45) is 0.875. The summed E-state index contributed by atoms with van der Waals surface area (Å²) in [5.74, 6) is 0.455. The quantitative estimate of drug-likeness (QED) is 0.753. The molecule has 0 bridgehead atoms. The molecular formula is C18H20ClNOS. The molecule has 1 amide bonds. The zero-order valence-electron chi connectivity index (χ0n) is 12.8. The van der Waals surface area contributed by atoms with Crippen LogP contribution in [0.25, 0.3) is 0 Å². The SMILES string of the molecule is CCC(NC(=O)CSc1ccc(Cl)cc1)c1ccc(C)cc1. The molecule has 2 nitrogen and oxygen atoms in total. The van der Waals surface area contributed by atoms with Gasteiger partial charge in [0, 0.05) is 9.92 Å². The summed E-state index contributed by atoms with van der Waals surface area (Å²) in [7, 11) is 0. The van der Waals surface area contributed by atoms with Crippen LogP contribution in [-0.2, 0) is 4.79 Å². The maximum atomic E-state index is 12.1. The summed E-state index contributed by atoms with van der Waals surface area (Å²) in [5, 5.41) is 3.81. The van der Waals surface area contributed by atoms with Gasteiger partial charge in [0.1, 0.15) is 0 Å². The van der Waals surface area contributed by atoms with E-state index in [2.05, 4.69) is 43.4 Å². The smallest absolute Gasteiger partial charge is 0.230 e. The predicted octanol–water partition coefficient (Wildman–Crippen LogP) is 5.01. The maximum Gasteiger partial charge on any atom is 0.230 e. The molecule has 2 rings (SSSR count). The number of carbonyl (C=O) groups is 1. The van der Waals surface area contributed by atoms with Crippen LogP contribution in [-0.4, -0.2) is 11.7 Å². The highest BCUT2D eigenvalue weighted by atomic mass is 35.5. The highest BCUT2D eigenvalue weighted by Crippen LogP contribution is 2.21. The number of nitrogens with one attached hydrogen (secondary N) is 1. The summed E-state index contributed by atoms with van der Waals surface area (Å²) in [6.45, 7) is 4.14. The summed E-state index contributed by atoms with van der Waals surface area (Å²) < 4.78 is 0. The minimum Gasteiger partial charge on any atom is -0.349 e. The average molecular weight is 334 g/mol. The van der Waals surface area contributed by atoms with E-state index in [0.29, 0.717) is 10.8 Å². The second-order valence-electron chi connectivity index (χ2n) is 5.18. The second-order valence-corrected chi connectivity index (χ2v) is 6.67. The van der Waals surface area contributed by atoms with Crippen LogP contribution in [0.1, 0.15) is 30.5 Å². The van der Waals surface area contributed by atoms with Gasteiger partial charge in [-0.25, -0.2) is 0 Å². The van der Waals surface area contributed by atoms with Crippen LogP contribution in [0, 0.1) is 6.92 Å². The summed E-state index contributed by atoms with van der Waals surface area (Å²) in [4.78, 5) is 13.2. The van der Waals surface area contributed by atoms with Gasteiger partial charge < -0.3 is 5.32 Å². The molecule has 1 unspecified atom stereocenters. The molecule has 0 aliphatic heterocycles. The van der Waals surface area contributed by atoms with Crippen molar-refractivity contribution >= 4 is 29.3 Å². The summed E-state index contributed by atoms with van der Waals surface area (Å²) in [6, 6.07) is 15.9. The number of amides is 1. The summed E-state index contributed by atoms with van der Waals surface area (Å²) >= 11 is 7.37. The van der Waals surface area contributed by atoms with Gasteiger partial charge in [-0.05, 0) is 43.2 Å². The molecule has 22 heavy (non-hydrogen) atoms. The lowest BCUT2D eigenvalue weighted by molar-refractivity contribution is -0.119. The van der Waals surface area contributed by atoms with Gasteiger partial charge in [0.2, 0.25) is 5.91 Å². The number of halogens is 1. The molecule has 0 aromatic heterocycles. The van der Waals surface area contributed by atoms with Gasteiger partial charge >= 0.3 is 0 Å². The first kappa shape index (κ1) is 16.9. The molecule has 2 aromatic rings. The van der Waals surface area contributed by atoms with Crippen molar-refractivity contribution in [1.29, 1.82) is 0 Å². The van der Waals surface area contributed by atoms with E-state index in [1.807, 2.05) is 24.3 Å². The van der Waals surface area contributed by atoms with Gasteiger partial charge in [-0.1, -0.05) is 48.4 Å². The Kier molecular flexibility index (Phi) is 6.34. The summed E-state index contributed by atoms with van der Waals surface area (Å²) in [5.41, 5.74) is 2.38. The highest BCUT2D eigenvalue weighted by Gasteiger charge is 2.12. The molecule has 0 saturated heterocycles. The van der Waals surface area contributed by atoms with Crippen molar-refractivity contribution in [2.75, 3.05) is 5.75 Å².